The lowest BCUT2D eigenvalue weighted by Gasteiger charge is -2.11. The van der Waals surface area contributed by atoms with Crippen LogP contribution in [0.15, 0.2) is 48.5 Å². The zero-order valence-corrected chi connectivity index (χ0v) is 22.5. The molecule has 0 spiro atoms. The number of hydrogen-bond acceptors (Lipinski definition) is 3. The number of unbranched alkanes of at least 4 members (excludes halogenated alkanes) is 11. The maximum atomic E-state index is 12.1. The SMILES string of the molecule is CCCCCCCCCCCCCCOc1ccc(-c2ccc(OC(=O)C(C)CCC)cc2)cc1. The Morgan fingerprint density at radius 1 is 0.629 bits per heavy atom. The quantitative estimate of drug-likeness (QED) is 0.114. The van der Waals surface area contributed by atoms with Crippen molar-refractivity contribution in [2.45, 2.75) is 111 Å². The van der Waals surface area contributed by atoms with Crippen molar-refractivity contribution in [3.05, 3.63) is 48.5 Å². The molecule has 0 fully saturated rings. The van der Waals surface area contributed by atoms with Crippen molar-refractivity contribution in [2.75, 3.05) is 6.61 Å². The van der Waals surface area contributed by atoms with Crippen LogP contribution in [0.25, 0.3) is 11.1 Å². The normalized spacial score (nSPS) is 11.9. The van der Waals surface area contributed by atoms with Crippen LogP contribution in [0.1, 0.15) is 111 Å². The van der Waals surface area contributed by atoms with Gasteiger partial charge in [0.25, 0.3) is 0 Å². The van der Waals surface area contributed by atoms with E-state index in [4.69, 9.17) is 9.47 Å². The highest BCUT2D eigenvalue weighted by Gasteiger charge is 2.14. The van der Waals surface area contributed by atoms with E-state index in [0.29, 0.717) is 5.75 Å². The Labute approximate surface area is 214 Å². The number of carbonyl (C=O) groups excluding carboxylic acids is 1. The van der Waals surface area contributed by atoms with Crippen LogP contribution in [0.5, 0.6) is 11.5 Å². The van der Waals surface area contributed by atoms with Crippen LogP contribution in [-0.2, 0) is 4.79 Å². The molecule has 194 valence electrons. The molecule has 0 heterocycles. The molecule has 0 aliphatic carbocycles. The highest BCUT2D eigenvalue weighted by atomic mass is 16.5. The van der Waals surface area contributed by atoms with Gasteiger partial charge in [0.05, 0.1) is 12.5 Å². The fraction of sp³-hybridized carbons (Fsp3) is 0.594. The fourth-order valence-corrected chi connectivity index (χ4v) is 4.36. The van der Waals surface area contributed by atoms with Crippen LogP contribution in [0.4, 0.5) is 0 Å². The highest BCUT2D eigenvalue weighted by molar-refractivity contribution is 5.75. The van der Waals surface area contributed by atoms with Gasteiger partial charge in [0, 0.05) is 0 Å². The second kappa shape index (κ2) is 18.0. The molecule has 35 heavy (non-hydrogen) atoms. The molecule has 2 aromatic rings. The second-order valence-corrected chi connectivity index (χ2v) is 9.90. The van der Waals surface area contributed by atoms with Crippen molar-refractivity contribution in [3.8, 4) is 22.6 Å². The topological polar surface area (TPSA) is 35.5 Å². The Kier molecular flexibility index (Phi) is 14.9. The maximum absolute atomic E-state index is 12.1. The summed E-state index contributed by atoms with van der Waals surface area (Å²) in [7, 11) is 0. The van der Waals surface area contributed by atoms with Gasteiger partial charge in [0.15, 0.2) is 0 Å². The predicted molar refractivity (Wildman–Crippen MR) is 148 cm³/mol. The van der Waals surface area contributed by atoms with Crippen LogP contribution in [0.2, 0.25) is 0 Å². The monoisotopic (exact) mass is 480 g/mol. The standard InChI is InChI=1S/C32H48O3/c1-4-6-7-8-9-10-11-12-13-14-15-16-26-34-30-22-18-28(19-23-30)29-20-24-31(25-21-29)35-32(33)27(3)17-5-2/h18-25,27H,4-17,26H2,1-3H3. The molecule has 1 atom stereocenters. The molecule has 0 aliphatic rings. The van der Waals surface area contributed by atoms with Gasteiger partial charge in [-0.15, -0.1) is 0 Å². The van der Waals surface area contributed by atoms with Gasteiger partial charge in [-0.1, -0.05) is 122 Å². The van der Waals surface area contributed by atoms with Gasteiger partial charge in [-0.05, 0) is 48.2 Å². The summed E-state index contributed by atoms with van der Waals surface area (Å²) >= 11 is 0. The number of benzene rings is 2. The molecule has 0 saturated carbocycles. The van der Waals surface area contributed by atoms with E-state index in [2.05, 4.69) is 26.0 Å². The summed E-state index contributed by atoms with van der Waals surface area (Å²) in [6.45, 7) is 7.06. The van der Waals surface area contributed by atoms with E-state index in [1.807, 2.05) is 43.3 Å². The molecule has 1 unspecified atom stereocenters. The zero-order chi connectivity index (χ0) is 25.1. The third-order valence-corrected chi connectivity index (χ3v) is 6.65. The molecule has 3 nitrogen and oxygen atoms in total. The van der Waals surface area contributed by atoms with Crippen molar-refractivity contribution >= 4 is 5.97 Å². The third kappa shape index (κ3) is 12.3. The summed E-state index contributed by atoms with van der Waals surface area (Å²) in [6.07, 6.45) is 18.1. The van der Waals surface area contributed by atoms with Crippen LogP contribution >= 0.6 is 0 Å². The number of esters is 1. The van der Waals surface area contributed by atoms with Gasteiger partial charge >= 0.3 is 5.97 Å². The lowest BCUT2D eigenvalue weighted by atomic mass is 10.1. The molecule has 0 saturated heterocycles. The second-order valence-electron chi connectivity index (χ2n) is 9.90. The average Bonchev–Trinajstić information content (AvgIpc) is 2.88. The Morgan fingerprint density at radius 2 is 1.09 bits per heavy atom. The predicted octanol–water partition coefficient (Wildman–Crippen LogP) is 9.78. The van der Waals surface area contributed by atoms with Crippen molar-refractivity contribution in [2.24, 2.45) is 5.92 Å². The molecule has 0 aromatic heterocycles. The molecule has 0 amide bonds. The molecule has 0 N–H and O–H groups in total. The first-order valence-electron chi connectivity index (χ1n) is 14.2. The van der Waals surface area contributed by atoms with Crippen LogP contribution in [0, 0.1) is 5.92 Å². The fourth-order valence-electron chi connectivity index (χ4n) is 4.36. The van der Waals surface area contributed by atoms with E-state index in [0.717, 1.165) is 42.7 Å². The summed E-state index contributed by atoms with van der Waals surface area (Å²) in [5.74, 6) is 1.30. The van der Waals surface area contributed by atoms with Crippen molar-refractivity contribution in [3.63, 3.8) is 0 Å². The summed E-state index contributed by atoms with van der Waals surface area (Å²) in [6, 6.07) is 16.0. The van der Waals surface area contributed by atoms with Gasteiger partial charge in [-0.2, -0.15) is 0 Å². The van der Waals surface area contributed by atoms with Gasteiger partial charge < -0.3 is 9.47 Å². The van der Waals surface area contributed by atoms with Crippen molar-refractivity contribution < 1.29 is 14.3 Å². The average molecular weight is 481 g/mol. The van der Waals surface area contributed by atoms with Crippen LogP contribution < -0.4 is 9.47 Å². The van der Waals surface area contributed by atoms with E-state index in [1.54, 1.807) is 0 Å². The lowest BCUT2D eigenvalue weighted by molar-refractivity contribution is -0.138. The highest BCUT2D eigenvalue weighted by Crippen LogP contribution is 2.25. The van der Waals surface area contributed by atoms with E-state index < -0.39 is 0 Å². The minimum atomic E-state index is -0.158. The summed E-state index contributed by atoms with van der Waals surface area (Å²) in [4.78, 5) is 12.1. The third-order valence-electron chi connectivity index (χ3n) is 6.65. The number of hydrogen-bond donors (Lipinski definition) is 0. The molecule has 0 radical (unpaired) electrons. The molecule has 2 aromatic carbocycles. The Hall–Kier alpha value is -2.29. The largest absolute Gasteiger partial charge is 0.494 e. The smallest absolute Gasteiger partial charge is 0.314 e. The van der Waals surface area contributed by atoms with Gasteiger partial charge in [-0.3, -0.25) is 4.79 Å². The minimum Gasteiger partial charge on any atom is -0.494 e. The maximum Gasteiger partial charge on any atom is 0.314 e. The lowest BCUT2D eigenvalue weighted by Crippen LogP contribution is -2.17. The van der Waals surface area contributed by atoms with Gasteiger partial charge in [-0.25, -0.2) is 0 Å². The molecular weight excluding hydrogens is 432 g/mol. The van der Waals surface area contributed by atoms with Crippen molar-refractivity contribution in [1.29, 1.82) is 0 Å². The minimum absolute atomic E-state index is 0.0675. The van der Waals surface area contributed by atoms with Crippen LogP contribution in [-0.4, -0.2) is 12.6 Å². The Morgan fingerprint density at radius 3 is 1.57 bits per heavy atom. The first-order valence-corrected chi connectivity index (χ1v) is 14.2. The van der Waals surface area contributed by atoms with Gasteiger partial charge in [0.1, 0.15) is 11.5 Å². The van der Waals surface area contributed by atoms with E-state index in [1.165, 1.54) is 70.6 Å². The molecular formula is C32H48O3. The zero-order valence-electron chi connectivity index (χ0n) is 22.5. The first kappa shape index (κ1) is 28.9. The van der Waals surface area contributed by atoms with E-state index >= 15 is 0 Å². The van der Waals surface area contributed by atoms with Crippen LogP contribution in [0.3, 0.4) is 0 Å². The number of ether oxygens (including phenoxy) is 2. The summed E-state index contributed by atoms with van der Waals surface area (Å²) < 4.78 is 11.4. The Bertz CT molecular complexity index is 795. The van der Waals surface area contributed by atoms with Crippen molar-refractivity contribution in [1.82, 2.24) is 0 Å². The summed E-state index contributed by atoms with van der Waals surface area (Å²) in [5.41, 5.74) is 2.22. The molecule has 0 aliphatic heterocycles. The van der Waals surface area contributed by atoms with E-state index in [-0.39, 0.29) is 11.9 Å². The van der Waals surface area contributed by atoms with Gasteiger partial charge in [0.2, 0.25) is 0 Å². The molecule has 2 rings (SSSR count). The molecule has 0 bridgehead atoms. The first-order chi connectivity index (χ1) is 17.1. The van der Waals surface area contributed by atoms with E-state index in [9.17, 15) is 4.79 Å². The summed E-state index contributed by atoms with van der Waals surface area (Å²) in [5, 5.41) is 0. The molecule has 3 heteroatoms. The number of rotatable bonds is 19. The Balaban J connectivity index is 1.58. The number of carbonyl (C=O) groups is 1.